The van der Waals surface area contributed by atoms with E-state index in [9.17, 15) is 22.4 Å². The van der Waals surface area contributed by atoms with Crippen molar-refractivity contribution in [3.8, 4) is 0 Å². The highest BCUT2D eigenvalue weighted by Crippen LogP contribution is 2.33. The van der Waals surface area contributed by atoms with Gasteiger partial charge in [0.05, 0.1) is 27.1 Å². The predicted molar refractivity (Wildman–Crippen MR) is 103 cm³/mol. The molecule has 0 saturated carbocycles. The molecule has 2 N–H and O–H groups in total. The molecule has 10 heteroatoms. The van der Waals surface area contributed by atoms with Crippen LogP contribution in [-0.4, -0.2) is 31.7 Å². The molecule has 27 heavy (non-hydrogen) atoms. The summed E-state index contributed by atoms with van der Waals surface area (Å²) in [6, 6.07) is 8.16. The van der Waals surface area contributed by atoms with Gasteiger partial charge in [0.1, 0.15) is 5.82 Å². The van der Waals surface area contributed by atoms with Gasteiger partial charge < -0.3 is 10.6 Å². The summed E-state index contributed by atoms with van der Waals surface area (Å²) in [5.74, 6) is -1.47. The molecule has 6 nitrogen and oxygen atoms in total. The SMILES string of the molecule is O=C(CCS(=O)(=O)c1ccc2c(c1)NC(=O)CS2)Nc1ccc(F)c(Cl)c1. The maximum Gasteiger partial charge on any atom is 0.234 e. The number of thioether (sulfide) groups is 1. The van der Waals surface area contributed by atoms with E-state index >= 15 is 0 Å². The van der Waals surface area contributed by atoms with Crippen molar-refractivity contribution in [2.75, 3.05) is 22.1 Å². The molecule has 2 aromatic rings. The van der Waals surface area contributed by atoms with E-state index in [1.165, 1.54) is 36.0 Å². The van der Waals surface area contributed by atoms with Crippen LogP contribution < -0.4 is 10.6 Å². The summed E-state index contributed by atoms with van der Waals surface area (Å²) in [5, 5.41) is 4.96. The number of rotatable bonds is 5. The lowest BCUT2D eigenvalue weighted by atomic mass is 10.3. The van der Waals surface area contributed by atoms with Gasteiger partial charge in [0.2, 0.25) is 11.8 Å². The molecule has 1 aliphatic rings. The fourth-order valence-electron chi connectivity index (χ4n) is 2.40. The van der Waals surface area contributed by atoms with Crippen LogP contribution >= 0.6 is 23.4 Å². The molecule has 0 spiro atoms. The quantitative estimate of drug-likeness (QED) is 0.762. The highest BCUT2D eigenvalue weighted by atomic mass is 35.5. The molecule has 0 atom stereocenters. The van der Waals surface area contributed by atoms with Gasteiger partial charge in [0.25, 0.3) is 0 Å². The zero-order valence-corrected chi connectivity index (χ0v) is 16.2. The van der Waals surface area contributed by atoms with E-state index in [0.29, 0.717) is 5.69 Å². The van der Waals surface area contributed by atoms with E-state index in [-0.39, 0.29) is 33.7 Å². The predicted octanol–water partition coefficient (Wildman–Crippen LogP) is 3.33. The Morgan fingerprint density at radius 2 is 2.04 bits per heavy atom. The molecule has 0 fully saturated rings. The fraction of sp³-hybridized carbons (Fsp3) is 0.176. The topological polar surface area (TPSA) is 92.3 Å². The Kier molecular flexibility index (Phi) is 5.73. The minimum Gasteiger partial charge on any atom is -0.326 e. The Hall–Kier alpha value is -2.10. The second kappa shape index (κ2) is 7.87. The number of anilines is 2. The van der Waals surface area contributed by atoms with Crippen molar-refractivity contribution in [2.45, 2.75) is 16.2 Å². The van der Waals surface area contributed by atoms with E-state index in [1.807, 2.05) is 0 Å². The normalized spacial score (nSPS) is 13.6. The van der Waals surface area contributed by atoms with Gasteiger partial charge in [-0.25, -0.2) is 12.8 Å². The second-order valence-electron chi connectivity index (χ2n) is 5.74. The van der Waals surface area contributed by atoms with Crippen LogP contribution in [0.25, 0.3) is 0 Å². The number of fused-ring (bicyclic) bond motifs is 1. The first-order chi connectivity index (χ1) is 12.7. The summed E-state index contributed by atoms with van der Waals surface area (Å²) in [5.41, 5.74) is 0.722. The lowest BCUT2D eigenvalue weighted by Gasteiger charge is -2.17. The third-order valence-corrected chi connectivity index (χ3v) is 6.82. The average molecular weight is 429 g/mol. The molecule has 0 aliphatic carbocycles. The third-order valence-electron chi connectivity index (χ3n) is 3.74. The molecule has 0 aromatic heterocycles. The van der Waals surface area contributed by atoms with Crippen molar-refractivity contribution >= 4 is 56.4 Å². The third kappa shape index (κ3) is 4.79. The maximum atomic E-state index is 13.1. The molecule has 3 rings (SSSR count). The van der Waals surface area contributed by atoms with Crippen molar-refractivity contribution in [3.05, 3.63) is 47.2 Å². The van der Waals surface area contributed by atoms with Gasteiger partial charge in [-0.1, -0.05) is 11.6 Å². The molecule has 0 saturated heterocycles. The first kappa shape index (κ1) is 19.7. The molecule has 1 heterocycles. The van der Waals surface area contributed by atoms with Gasteiger partial charge in [-0.15, -0.1) is 11.8 Å². The van der Waals surface area contributed by atoms with Crippen molar-refractivity contribution in [1.29, 1.82) is 0 Å². The molecule has 0 unspecified atom stereocenters. The summed E-state index contributed by atoms with van der Waals surface area (Å²) >= 11 is 6.97. The van der Waals surface area contributed by atoms with Crippen molar-refractivity contribution in [2.24, 2.45) is 0 Å². The zero-order valence-electron chi connectivity index (χ0n) is 13.8. The first-order valence-electron chi connectivity index (χ1n) is 7.79. The van der Waals surface area contributed by atoms with Crippen molar-refractivity contribution < 1.29 is 22.4 Å². The Labute approximate surface area is 164 Å². The van der Waals surface area contributed by atoms with E-state index in [2.05, 4.69) is 10.6 Å². The van der Waals surface area contributed by atoms with Crippen molar-refractivity contribution in [3.63, 3.8) is 0 Å². The van der Waals surface area contributed by atoms with Crippen LogP contribution in [0.2, 0.25) is 5.02 Å². The Morgan fingerprint density at radius 1 is 1.26 bits per heavy atom. The number of hydrogen-bond acceptors (Lipinski definition) is 5. The van der Waals surface area contributed by atoms with E-state index in [0.717, 1.165) is 11.0 Å². The summed E-state index contributed by atoms with van der Waals surface area (Å²) in [7, 11) is -3.72. The molecule has 0 bridgehead atoms. The molecule has 142 valence electrons. The maximum absolute atomic E-state index is 13.1. The summed E-state index contributed by atoms with van der Waals surface area (Å²) in [6.45, 7) is 0. The summed E-state index contributed by atoms with van der Waals surface area (Å²) in [4.78, 5) is 24.3. The molecule has 0 radical (unpaired) electrons. The summed E-state index contributed by atoms with van der Waals surface area (Å²) < 4.78 is 38.1. The van der Waals surface area contributed by atoms with Crippen LogP contribution in [0.15, 0.2) is 46.2 Å². The molecular weight excluding hydrogens is 415 g/mol. The van der Waals surface area contributed by atoms with Gasteiger partial charge in [0, 0.05) is 17.0 Å². The van der Waals surface area contributed by atoms with Gasteiger partial charge in [-0.3, -0.25) is 9.59 Å². The monoisotopic (exact) mass is 428 g/mol. The Morgan fingerprint density at radius 3 is 2.78 bits per heavy atom. The zero-order chi connectivity index (χ0) is 19.6. The van der Waals surface area contributed by atoms with Gasteiger partial charge >= 0.3 is 0 Å². The lowest BCUT2D eigenvalue weighted by Crippen LogP contribution is -2.20. The highest BCUT2D eigenvalue weighted by Gasteiger charge is 2.21. The van der Waals surface area contributed by atoms with Crippen LogP contribution in [0, 0.1) is 5.82 Å². The number of carbonyl (C=O) groups is 2. The minimum absolute atomic E-state index is 0.0293. The number of hydrogen-bond donors (Lipinski definition) is 2. The largest absolute Gasteiger partial charge is 0.326 e. The van der Waals surface area contributed by atoms with Crippen LogP contribution in [0.5, 0.6) is 0 Å². The lowest BCUT2D eigenvalue weighted by molar-refractivity contribution is -0.116. The number of carbonyl (C=O) groups excluding carboxylic acids is 2. The average Bonchev–Trinajstić information content (AvgIpc) is 2.62. The molecule has 2 amide bonds. The number of benzene rings is 2. The Balaban J connectivity index is 1.66. The number of nitrogens with one attached hydrogen (secondary N) is 2. The fourth-order valence-corrected chi connectivity index (χ4v) is 4.63. The Bertz CT molecular complexity index is 1030. The van der Waals surface area contributed by atoms with Crippen LogP contribution in [-0.2, 0) is 19.4 Å². The van der Waals surface area contributed by atoms with Crippen LogP contribution in [0.4, 0.5) is 15.8 Å². The standard InChI is InChI=1S/C17H14ClFN2O4S2/c18-12-7-10(1-3-13(12)19)20-16(22)5-6-27(24,25)11-2-4-15-14(8-11)21-17(23)9-26-15/h1-4,7-8H,5-6,9H2,(H,20,22)(H,21,23). The number of amides is 2. The summed E-state index contributed by atoms with van der Waals surface area (Å²) in [6.07, 6.45) is -0.282. The van der Waals surface area contributed by atoms with E-state index in [1.54, 1.807) is 6.07 Å². The smallest absolute Gasteiger partial charge is 0.234 e. The molecule has 2 aromatic carbocycles. The number of halogens is 2. The molecule has 1 aliphatic heterocycles. The number of sulfone groups is 1. The highest BCUT2D eigenvalue weighted by molar-refractivity contribution is 8.00. The van der Waals surface area contributed by atoms with Gasteiger partial charge in [-0.2, -0.15) is 0 Å². The van der Waals surface area contributed by atoms with Gasteiger partial charge in [-0.05, 0) is 36.4 Å². The van der Waals surface area contributed by atoms with Gasteiger partial charge in [0.15, 0.2) is 9.84 Å². The van der Waals surface area contributed by atoms with E-state index in [4.69, 9.17) is 11.6 Å². The molecular formula is C17H14ClFN2O4S2. The van der Waals surface area contributed by atoms with Crippen LogP contribution in [0.1, 0.15) is 6.42 Å². The first-order valence-corrected chi connectivity index (χ1v) is 10.8. The minimum atomic E-state index is -3.72. The second-order valence-corrected chi connectivity index (χ2v) is 9.27. The van der Waals surface area contributed by atoms with Crippen LogP contribution in [0.3, 0.4) is 0 Å². The van der Waals surface area contributed by atoms with Crippen molar-refractivity contribution in [1.82, 2.24) is 0 Å². The van der Waals surface area contributed by atoms with E-state index < -0.39 is 27.3 Å².